The zero-order valence-corrected chi connectivity index (χ0v) is 17.0. The molecule has 1 saturated carbocycles. The molecule has 1 aliphatic heterocycles. The highest BCUT2D eigenvalue weighted by molar-refractivity contribution is 5.79. The van der Waals surface area contributed by atoms with Gasteiger partial charge in [0.1, 0.15) is 0 Å². The lowest BCUT2D eigenvalue weighted by Crippen LogP contribution is -2.60. The van der Waals surface area contributed by atoms with Gasteiger partial charge in [0.05, 0.1) is 25.5 Å². The van der Waals surface area contributed by atoms with Crippen molar-refractivity contribution >= 4 is 5.96 Å². The summed E-state index contributed by atoms with van der Waals surface area (Å²) >= 11 is 0. The third-order valence-electron chi connectivity index (χ3n) is 5.90. The van der Waals surface area contributed by atoms with Crippen LogP contribution in [0.25, 0.3) is 0 Å². The Kier molecular flexibility index (Phi) is 7.47. The van der Waals surface area contributed by atoms with Crippen molar-refractivity contribution in [2.45, 2.75) is 58.0 Å². The Morgan fingerprint density at radius 1 is 1.22 bits per heavy atom. The first-order chi connectivity index (χ1) is 13.2. The highest BCUT2D eigenvalue weighted by Gasteiger charge is 2.38. The Balaban J connectivity index is 1.66. The van der Waals surface area contributed by atoms with Crippen LogP contribution < -0.4 is 10.6 Å². The molecule has 0 spiro atoms. The molecule has 0 aromatic carbocycles. The van der Waals surface area contributed by atoms with Crippen LogP contribution in [0.2, 0.25) is 0 Å². The standard InChI is InChI=1S/C21H35N5O/c1-3-22-20(24-16-19-18(2)8-7-11-23-19)25-17-21(9-5-4-6-10-21)26-12-14-27-15-13-26/h7-8,11H,3-6,9-10,12-17H2,1-2H3,(H2,22,24,25). The summed E-state index contributed by atoms with van der Waals surface area (Å²) in [7, 11) is 0. The van der Waals surface area contributed by atoms with Gasteiger partial charge in [-0.1, -0.05) is 25.3 Å². The molecule has 6 heteroatoms. The van der Waals surface area contributed by atoms with Gasteiger partial charge in [-0.3, -0.25) is 9.88 Å². The Morgan fingerprint density at radius 3 is 2.70 bits per heavy atom. The van der Waals surface area contributed by atoms with Crippen molar-refractivity contribution in [2.75, 3.05) is 39.4 Å². The number of hydrogen-bond acceptors (Lipinski definition) is 4. The number of aromatic nitrogens is 1. The third kappa shape index (κ3) is 5.42. The largest absolute Gasteiger partial charge is 0.379 e. The maximum Gasteiger partial charge on any atom is 0.191 e. The van der Waals surface area contributed by atoms with E-state index in [1.807, 2.05) is 12.3 Å². The second-order valence-corrected chi connectivity index (χ2v) is 7.70. The number of nitrogens with zero attached hydrogens (tertiary/aromatic N) is 3. The molecule has 0 atom stereocenters. The lowest BCUT2D eigenvalue weighted by Gasteiger charge is -2.48. The van der Waals surface area contributed by atoms with E-state index in [4.69, 9.17) is 9.73 Å². The van der Waals surface area contributed by atoms with Gasteiger partial charge in [0.15, 0.2) is 5.96 Å². The minimum atomic E-state index is 0.235. The summed E-state index contributed by atoms with van der Waals surface area (Å²) in [6.45, 7) is 10.4. The van der Waals surface area contributed by atoms with Crippen molar-refractivity contribution in [1.29, 1.82) is 0 Å². The molecule has 0 unspecified atom stereocenters. The summed E-state index contributed by atoms with van der Waals surface area (Å²) in [4.78, 5) is 11.9. The minimum absolute atomic E-state index is 0.235. The van der Waals surface area contributed by atoms with Crippen molar-refractivity contribution < 1.29 is 4.74 Å². The molecule has 1 aromatic heterocycles. The van der Waals surface area contributed by atoms with Crippen LogP contribution in [-0.4, -0.2) is 60.8 Å². The van der Waals surface area contributed by atoms with Gasteiger partial charge in [-0.15, -0.1) is 0 Å². The minimum Gasteiger partial charge on any atom is -0.379 e. The lowest BCUT2D eigenvalue weighted by molar-refractivity contribution is -0.0352. The maximum absolute atomic E-state index is 5.59. The molecule has 2 fully saturated rings. The van der Waals surface area contributed by atoms with Gasteiger partial charge in [0.25, 0.3) is 0 Å². The Bertz CT molecular complexity index is 606. The van der Waals surface area contributed by atoms with Gasteiger partial charge in [-0.05, 0) is 38.3 Å². The van der Waals surface area contributed by atoms with E-state index in [0.717, 1.165) is 51.0 Å². The summed E-state index contributed by atoms with van der Waals surface area (Å²) in [5, 5.41) is 7.05. The van der Waals surface area contributed by atoms with Crippen LogP contribution in [-0.2, 0) is 11.3 Å². The summed E-state index contributed by atoms with van der Waals surface area (Å²) < 4.78 is 5.59. The second kappa shape index (κ2) is 10.0. The normalized spacial score (nSPS) is 21.0. The number of aryl methyl sites for hydroxylation is 1. The molecule has 27 heavy (non-hydrogen) atoms. The number of ether oxygens (including phenoxy) is 1. The Morgan fingerprint density at radius 2 is 2.00 bits per heavy atom. The summed E-state index contributed by atoms with van der Waals surface area (Å²) in [5.41, 5.74) is 2.46. The van der Waals surface area contributed by atoms with E-state index < -0.39 is 0 Å². The quantitative estimate of drug-likeness (QED) is 0.593. The SMILES string of the molecule is CCNC(=NCc1ncccc1C)NCC1(N2CCOCC2)CCCCC1. The van der Waals surface area contributed by atoms with Gasteiger partial charge in [0, 0.05) is 37.9 Å². The molecular formula is C21H35N5O. The van der Waals surface area contributed by atoms with E-state index in [9.17, 15) is 0 Å². The van der Waals surface area contributed by atoms with Crippen LogP contribution >= 0.6 is 0 Å². The number of aliphatic imine (C=N–C) groups is 1. The van der Waals surface area contributed by atoms with E-state index in [1.165, 1.54) is 37.7 Å². The van der Waals surface area contributed by atoms with Crippen LogP contribution in [0.3, 0.4) is 0 Å². The van der Waals surface area contributed by atoms with Crippen LogP contribution in [0.15, 0.2) is 23.3 Å². The van der Waals surface area contributed by atoms with E-state index in [1.54, 1.807) is 0 Å². The van der Waals surface area contributed by atoms with Crippen molar-refractivity contribution in [3.63, 3.8) is 0 Å². The van der Waals surface area contributed by atoms with Crippen LogP contribution in [0, 0.1) is 6.92 Å². The molecule has 2 aliphatic rings. The maximum atomic E-state index is 5.59. The first-order valence-electron chi connectivity index (χ1n) is 10.5. The third-order valence-corrected chi connectivity index (χ3v) is 5.90. The van der Waals surface area contributed by atoms with Gasteiger partial charge >= 0.3 is 0 Å². The molecule has 0 bridgehead atoms. The van der Waals surface area contributed by atoms with Crippen molar-refractivity contribution in [1.82, 2.24) is 20.5 Å². The monoisotopic (exact) mass is 373 g/mol. The average molecular weight is 374 g/mol. The summed E-state index contributed by atoms with van der Waals surface area (Å²) in [5.74, 6) is 0.890. The highest BCUT2D eigenvalue weighted by Crippen LogP contribution is 2.33. The van der Waals surface area contributed by atoms with Gasteiger partial charge in [0.2, 0.25) is 0 Å². The van der Waals surface area contributed by atoms with Gasteiger partial charge < -0.3 is 15.4 Å². The van der Waals surface area contributed by atoms with E-state index in [0.29, 0.717) is 6.54 Å². The van der Waals surface area contributed by atoms with E-state index in [-0.39, 0.29) is 5.54 Å². The zero-order valence-electron chi connectivity index (χ0n) is 17.0. The molecule has 1 aliphatic carbocycles. The number of hydrogen-bond donors (Lipinski definition) is 2. The molecule has 2 heterocycles. The number of pyridine rings is 1. The predicted molar refractivity (Wildman–Crippen MR) is 110 cm³/mol. The predicted octanol–water partition coefficient (Wildman–Crippen LogP) is 2.48. The number of nitrogens with one attached hydrogen (secondary N) is 2. The Hall–Kier alpha value is -1.66. The molecule has 2 N–H and O–H groups in total. The van der Waals surface area contributed by atoms with E-state index in [2.05, 4.69) is 40.4 Å². The number of morpholine rings is 1. The molecule has 1 saturated heterocycles. The number of rotatable bonds is 6. The van der Waals surface area contributed by atoms with Crippen molar-refractivity contribution in [2.24, 2.45) is 4.99 Å². The summed E-state index contributed by atoms with van der Waals surface area (Å²) in [6.07, 6.45) is 8.37. The highest BCUT2D eigenvalue weighted by atomic mass is 16.5. The van der Waals surface area contributed by atoms with Crippen molar-refractivity contribution in [3.8, 4) is 0 Å². The average Bonchev–Trinajstić information content (AvgIpc) is 2.72. The smallest absolute Gasteiger partial charge is 0.191 e. The van der Waals surface area contributed by atoms with E-state index >= 15 is 0 Å². The topological polar surface area (TPSA) is 61.8 Å². The fourth-order valence-corrected chi connectivity index (χ4v) is 4.28. The first-order valence-corrected chi connectivity index (χ1v) is 10.5. The van der Waals surface area contributed by atoms with Crippen LogP contribution in [0.1, 0.15) is 50.3 Å². The molecule has 1 aromatic rings. The summed E-state index contributed by atoms with van der Waals surface area (Å²) in [6, 6.07) is 4.06. The number of guanidine groups is 1. The zero-order chi connectivity index (χ0) is 19.0. The van der Waals surface area contributed by atoms with Crippen LogP contribution in [0.5, 0.6) is 0 Å². The molecule has 150 valence electrons. The van der Waals surface area contributed by atoms with Crippen molar-refractivity contribution in [3.05, 3.63) is 29.6 Å². The molecular weight excluding hydrogens is 338 g/mol. The van der Waals surface area contributed by atoms with Gasteiger partial charge in [-0.2, -0.15) is 0 Å². The van der Waals surface area contributed by atoms with Gasteiger partial charge in [-0.25, -0.2) is 4.99 Å². The molecule has 0 amide bonds. The van der Waals surface area contributed by atoms with Crippen LogP contribution in [0.4, 0.5) is 0 Å². The second-order valence-electron chi connectivity index (χ2n) is 7.70. The lowest BCUT2D eigenvalue weighted by atomic mass is 9.80. The fraction of sp³-hybridized carbons (Fsp3) is 0.714. The first kappa shape index (κ1) is 20.1. The molecule has 6 nitrogen and oxygen atoms in total. The molecule has 0 radical (unpaired) electrons. The fourth-order valence-electron chi connectivity index (χ4n) is 4.28. The Labute approximate surface area is 163 Å². The molecule has 3 rings (SSSR count).